The summed E-state index contributed by atoms with van der Waals surface area (Å²) in [5, 5.41) is 11.4. The molecule has 0 aliphatic rings. The van der Waals surface area contributed by atoms with Crippen LogP contribution < -0.4 is 4.90 Å². The first-order valence-corrected chi connectivity index (χ1v) is 6.27. The van der Waals surface area contributed by atoms with Gasteiger partial charge < -0.3 is 10.0 Å². The molecule has 84 valence electrons. The van der Waals surface area contributed by atoms with Crippen molar-refractivity contribution in [2.75, 3.05) is 11.4 Å². The smallest absolute Gasteiger partial charge is 0.305 e. The molecule has 1 aromatic rings. The zero-order chi connectivity index (χ0) is 11.4. The Labute approximate surface area is 101 Å². The Morgan fingerprint density at radius 2 is 2.40 bits per heavy atom. The van der Waals surface area contributed by atoms with E-state index >= 15 is 0 Å². The van der Waals surface area contributed by atoms with Crippen molar-refractivity contribution in [1.82, 2.24) is 4.98 Å². The predicted octanol–water partition coefficient (Wildman–Crippen LogP) is 2.60. The highest BCUT2D eigenvalue weighted by atomic mass is 79.9. The first kappa shape index (κ1) is 12.4. The van der Waals surface area contributed by atoms with Gasteiger partial charge in [0.25, 0.3) is 0 Å². The summed E-state index contributed by atoms with van der Waals surface area (Å²) in [6.07, 6.45) is 0.134. The zero-order valence-electron chi connectivity index (χ0n) is 8.61. The monoisotopic (exact) mass is 292 g/mol. The van der Waals surface area contributed by atoms with E-state index in [0.717, 1.165) is 9.73 Å². The van der Waals surface area contributed by atoms with Crippen LogP contribution in [0.15, 0.2) is 9.98 Å². The van der Waals surface area contributed by atoms with Gasteiger partial charge in [0.1, 0.15) is 4.60 Å². The molecule has 6 heteroatoms. The average Bonchev–Trinajstić information content (AvgIpc) is 2.51. The molecule has 0 unspecified atom stereocenters. The van der Waals surface area contributed by atoms with Crippen molar-refractivity contribution >= 4 is 38.4 Å². The Bertz CT molecular complexity index is 341. The number of rotatable bonds is 5. The van der Waals surface area contributed by atoms with Crippen LogP contribution in [0.1, 0.15) is 20.3 Å². The molecule has 0 aliphatic carbocycles. The van der Waals surface area contributed by atoms with Crippen molar-refractivity contribution in [3.8, 4) is 0 Å². The molecule has 0 aromatic carbocycles. The number of hydrogen-bond acceptors (Lipinski definition) is 4. The summed E-state index contributed by atoms with van der Waals surface area (Å²) in [7, 11) is 0. The van der Waals surface area contributed by atoms with E-state index in [1.807, 2.05) is 24.1 Å². The van der Waals surface area contributed by atoms with Gasteiger partial charge in [-0.3, -0.25) is 4.79 Å². The minimum Gasteiger partial charge on any atom is -0.481 e. The van der Waals surface area contributed by atoms with Crippen molar-refractivity contribution < 1.29 is 9.90 Å². The van der Waals surface area contributed by atoms with Crippen LogP contribution in [0.2, 0.25) is 0 Å². The molecular formula is C9H13BrN2O2S. The minimum atomic E-state index is -0.781. The number of carboxylic acid groups (broad SMARTS) is 1. The number of halogens is 1. The maximum absolute atomic E-state index is 10.5. The van der Waals surface area contributed by atoms with E-state index in [2.05, 4.69) is 20.9 Å². The van der Waals surface area contributed by atoms with Crippen LogP contribution in [0.25, 0.3) is 0 Å². The third-order valence-electron chi connectivity index (χ3n) is 1.90. The van der Waals surface area contributed by atoms with E-state index in [4.69, 9.17) is 5.11 Å². The molecule has 0 aliphatic heterocycles. The third-order valence-corrected chi connectivity index (χ3v) is 3.49. The molecule has 0 saturated carbocycles. The molecule has 0 bridgehead atoms. The minimum absolute atomic E-state index is 0.134. The lowest BCUT2D eigenvalue weighted by molar-refractivity contribution is -0.136. The maximum atomic E-state index is 10.5. The molecule has 0 atom stereocenters. The molecule has 0 spiro atoms. The third kappa shape index (κ3) is 3.79. The molecule has 0 fully saturated rings. The van der Waals surface area contributed by atoms with Crippen molar-refractivity contribution in [1.29, 1.82) is 0 Å². The van der Waals surface area contributed by atoms with E-state index < -0.39 is 5.97 Å². The molecule has 15 heavy (non-hydrogen) atoms. The van der Waals surface area contributed by atoms with Crippen LogP contribution in [-0.4, -0.2) is 28.6 Å². The summed E-state index contributed by atoms with van der Waals surface area (Å²) in [5.74, 6) is -0.781. The standard InChI is InChI=1S/C9H13BrN2O2S/c1-6(2)12(4-3-8(13)14)9-11-7(10)5-15-9/h5-6H,3-4H2,1-2H3,(H,13,14). The Morgan fingerprint density at radius 1 is 1.73 bits per heavy atom. The molecule has 1 aromatic heterocycles. The second-order valence-electron chi connectivity index (χ2n) is 3.38. The normalized spacial score (nSPS) is 10.7. The molecule has 1 N–H and O–H groups in total. The molecule has 0 radical (unpaired) electrons. The average molecular weight is 293 g/mol. The number of hydrogen-bond donors (Lipinski definition) is 1. The topological polar surface area (TPSA) is 53.4 Å². The molecule has 1 rings (SSSR count). The highest BCUT2D eigenvalue weighted by molar-refractivity contribution is 9.10. The van der Waals surface area contributed by atoms with Gasteiger partial charge in [-0.25, -0.2) is 4.98 Å². The van der Waals surface area contributed by atoms with Gasteiger partial charge in [-0.2, -0.15) is 0 Å². The Kier molecular flexibility index (Phi) is 4.53. The van der Waals surface area contributed by atoms with Gasteiger partial charge >= 0.3 is 5.97 Å². The zero-order valence-corrected chi connectivity index (χ0v) is 11.0. The number of anilines is 1. The van der Waals surface area contributed by atoms with E-state index in [0.29, 0.717) is 6.54 Å². The van der Waals surface area contributed by atoms with Crippen molar-refractivity contribution in [2.24, 2.45) is 0 Å². The van der Waals surface area contributed by atoms with Gasteiger partial charge in [0, 0.05) is 18.0 Å². The molecular weight excluding hydrogens is 280 g/mol. The second-order valence-corrected chi connectivity index (χ2v) is 5.03. The summed E-state index contributed by atoms with van der Waals surface area (Å²) in [6, 6.07) is 0.252. The Balaban J connectivity index is 2.70. The quantitative estimate of drug-likeness (QED) is 0.906. The predicted molar refractivity (Wildman–Crippen MR) is 64.5 cm³/mol. The highest BCUT2D eigenvalue weighted by Gasteiger charge is 2.15. The first-order chi connectivity index (χ1) is 7.00. The summed E-state index contributed by atoms with van der Waals surface area (Å²) in [6.45, 7) is 4.54. The second kappa shape index (κ2) is 5.46. The van der Waals surface area contributed by atoms with Crippen molar-refractivity contribution in [2.45, 2.75) is 26.3 Å². The van der Waals surface area contributed by atoms with Crippen molar-refractivity contribution in [3.05, 3.63) is 9.98 Å². The summed E-state index contributed by atoms with van der Waals surface area (Å²) in [5.41, 5.74) is 0. The summed E-state index contributed by atoms with van der Waals surface area (Å²) >= 11 is 4.80. The number of aromatic nitrogens is 1. The van der Waals surface area contributed by atoms with Crippen molar-refractivity contribution in [3.63, 3.8) is 0 Å². The number of carbonyl (C=O) groups is 1. The van der Waals surface area contributed by atoms with E-state index in [1.54, 1.807) is 0 Å². The lowest BCUT2D eigenvalue weighted by Gasteiger charge is -2.25. The van der Waals surface area contributed by atoms with E-state index in [1.165, 1.54) is 11.3 Å². The summed E-state index contributed by atoms with van der Waals surface area (Å²) in [4.78, 5) is 16.8. The molecule has 0 amide bonds. The maximum Gasteiger partial charge on any atom is 0.305 e. The van der Waals surface area contributed by atoms with Gasteiger partial charge in [0.2, 0.25) is 0 Å². The number of thiazole rings is 1. The van der Waals surface area contributed by atoms with Gasteiger partial charge in [-0.15, -0.1) is 11.3 Å². The fraction of sp³-hybridized carbons (Fsp3) is 0.556. The molecule has 0 saturated heterocycles. The first-order valence-electron chi connectivity index (χ1n) is 4.60. The lowest BCUT2D eigenvalue weighted by Crippen LogP contribution is -2.32. The lowest BCUT2D eigenvalue weighted by atomic mass is 10.3. The van der Waals surface area contributed by atoms with Crippen LogP contribution in [0.5, 0.6) is 0 Å². The Hall–Kier alpha value is -0.620. The number of aliphatic carboxylic acids is 1. The van der Waals surface area contributed by atoms with Gasteiger partial charge in [0.05, 0.1) is 6.42 Å². The summed E-state index contributed by atoms with van der Waals surface area (Å²) < 4.78 is 0.795. The van der Waals surface area contributed by atoms with E-state index in [9.17, 15) is 4.79 Å². The number of carboxylic acids is 1. The van der Waals surface area contributed by atoms with Gasteiger partial charge in [0.15, 0.2) is 5.13 Å². The molecule has 1 heterocycles. The van der Waals surface area contributed by atoms with Crippen LogP contribution in [-0.2, 0) is 4.79 Å². The van der Waals surface area contributed by atoms with E-state index in [-0.39, 0.29) is 12.5 Å². The van der Waals surface area contributed by atoms with Crippen LogP contribution >= 0.6 is 27.3 Å². The van der Waals surface area contributed by atoms with Crippen LogP contribution in [0, 0.1) is 0 Å². The largest absolute Gasteiger partial charge is 0.481 e. The fourth-order valence-electron chi connectivity index (χ4n) is 1.17. The molecule has 4 nitrogen and oxygen atoms in total. The van der Waals surface area contributed by atoms with Gasteiger partial charge in [-0.1, -0.05) is 0 Å². The van der Waals surface area contributed by atoms with Gasteiger partial charge in [-0.05, 0) is 29.8 Å². The number of nitrogens with zero attached hydrogens (tertiary/aromatic N) is 2. The van der Waals surface area contributed by atoms with Crippen LogP contribution in [0.4, 0.5) is 5.13 Å². The fourth-order valence-corrected chi connectivity index (χ4v) is 2.58. The highest BCUT2D eigenvalue weighted by Crippen LogP contribution is 2.25. The SMILES string of the molecule is CC(C)N(CCC(=O)O)c1nc(Br)cs1. The van der Waals surface area contributed by atoms with Crippen LogP contribution in [0.3, 0.4) is 0 Å². The Morgan fingerprint density at radius 3 is 2.80 bits per heavy atom.